The molecule has 2 unspecified atom stereocenters. The van der Waals surface area contributed by atoms with Crippen molar-refractivity contribution in [1.29, 1.82) is 0 Å². The molecule has 3 heterocycles. The van der Waals surface area contributed by atoms with Crippen molar-refractivity contribution in [3.8, 4) is 17.0 Å². The minimum absolute atomic E-state index is 0.00424. The van der Waals surface area contributed by atoms with Gasteiger partial charge < -0.3 is 20.4 Å². The third-order valence-corrected chi connectivity index (χ3v) is 10.2. The number of halogens is 2. The topological polar surface area (TPSA) is 89.7 Å². The van der Waals surface area contributed by atoms with Crippen molar-refractivity contribution in [2.75, 3.05) is 32.8 Å². The van der Waals surface area contributed by atoms with Crippen LogP contribution in [0.5, 0.6) is 5.75 Å². The fourth-order valence-electron chi connectivity index (χ4n) is 8.07. The predicted molar refractivity (Wildman–Crippen MR) is 179 cm³/mol. The van der Waals surface area contributed by atoms with Gasteiger partial charge in [-0.1, -0.05) is 38.8 Å². The van der Waals surface area contributed by atoms with E-state index in [4.69, 9.17) is 4.74 Å². The number of pyridine rings is 1. The Labute approximate surface area is 275 Å². The van der Waals surface area contributed by atoms with E-state index < -0.39 is 11.6 Å². The highest BCUT2D eigenvalue weighted by Gasteiger charge is 2.45. The summed E-state index contributed by atoms with van der Waals surface area (Å²) in [6, 6.07) is 11.6. The summed E-state index contributed by atoms with van der Waals surface area (Å²) in [7, 11) is 0. The van der Waals surface area contributed by atoms with Crippen molar-refractivity contribution in [2.45, 2.75) is 89.0 Å². The van der Waals surface area contributed by atoms with Gasteiger partial charge in [0.2, 0.25) is 6.41 Å². The molecule has 3 N–H and O–H groups in total. The zero-order chi connectivity index (χ0) is 33.0. The molecule has 1 saturated heterocycles. The van der Waals surface area contributed by atoms with Crippen LogP contribution in [0.1, 0.15) is 75.1 Å². The van der Waals surface area contributed by atoms with E-state index in [9.17, 15) is 18.4 Å². The quantitative estimate of drug-likeness (QED) is 0.172. The zero-order valence-electron chi connectivity index (χ0n) is 27.5. The van der Waals surface area contributed by atoms with E-state index >= 15 is 0 Å². The predicted octanol–water partition coefficient (Wildman–Crippen LogP) is 5.32. The zero-order valence-corrected chi connectivity index (χ0v) is 27.5. The fourth-order valence-corrected chi connectivity index (χ4v) is 8.07. The first kappa shape index (κ1) is 33.3. The molecule has 1 aliphatic carbocycles. The molecule has 47 heavy (non-hydrogen) atoms. The van der Waals surface area contributed by atoms with E-state index in [1.165, 1.54) is 12.1 Å². The minimum Gasteiger partial charge on any atom is -0.492 e. The molecule has 3 aliphatic rings. The third kappa shape index (κ3) is 7.60. The summed E-state index contributed by atoms with van der Waals surface area (Å²) in [5.74, 6) is -0.301. The summed E-state index contributed by atoms with van der Waals surface area (Å²) in [6.45, 7) is 8.07. The van der Waals surface area contributed by atoms with Crippen LogP contribution >= 0.6 is 0 Å². The SMILES string of the molecule is CC(C)NC(CCNC=O)CC(c1cc(F)cc(F)c1)N1CCN(Cc2c[nH]c(-c3cccc4c3OCC4)cc2=O)C2(CCCC2)C1. The van der Waals surface area contributed by atoms with Gasteiger partial charge in [-0.15, -0.1) is 0 Å². The number of piperazine rings is 1. The molecule has 1 amide bonds. The Morgan fingerprint density at radius 3 is 2.60 bits per heavy atom. The molecule has 2 aliphatic heterocycles. The first-order valence-electron chi connectivity index (χ1n) is 17.1. The molecule has 0 bridgehead atoms. The van der Waals surface area contributed by atoms with Crippen LogP contribution in [-0.2, 0) is 17.8 Å². The number of aromatic amines is 1. The van der Waals surface area contributed by atoms with E-state index in [-0.39, 0.29) is 29.1 Å². The number of carbonyl (C=O) groups excluding carboxylic acids is 1. The summed E-state index contributed by atoms with van der Waals surface area (Å²) in [4.78, 5) is 32.8. The lowest BCUT2D eigenvalue weighted by Gasteiger charge is -2.52. The number of amides is 1. The lowest BCUT2D eigenvalue weighted by atomic mass is 9.87. The Morgan fingerprint density at radius 1 is 1.09 bits per heavy atom. The van der Waals surface area contributed by atoms with Crippen LogP contribution in [0.2, 0.25) is 0 Å². The van der Waals surface area contributed by atoms with Gasteiger partial charge in [-0.2, -0.15) is 0 Å². The number of hydrogen-bond acceptors (Lipinski definition) is 6. The van der Waals surface area contributed by atoms with Gasteiger partial charge in [0, 0.05) is 92.3 Å². The van der Waals surface area contributed by atoms with Crippen molar-refractivity contribution >= 4 is 6.41 Å². The van der Waals surface area contributed by atoms with Crippen LogP contribution in [0.25, 0.3) is 11.3 Å². The Kier molecular flexibility index (Phi) is 10.4. The molecule has 3 aromatic rings. The first-order chi connectivity index (χ1) is 22.7. The van der Waals surface area contributed by atoms with Gasteiger partial charge in [-0.25, -0.2) is 8.78 Å². The second-order valence-electron chi connectivity index (χ2n) is 13.8. The standard InChI is InChI=1S/C37H47F2N5O3/c1-25(2)42-31(8-12-40-24-45)19-34(27-16-29(38)18-30(39)17-27)43-13-14-44(37(23-43)10-3-4-11-37)22-28-21-41-33(20-35(28)46)32-7-5-6-26-9-15-47-36(26)32/h5-7,16-18,20-21,24-25,31,34,42H,3-4,8-15,19,22-23H2,1-2H3,(H,40,45)(H,41,46). The maximum absolute atomic E-state index is 14.6. The molecule has 1 spiro atoms. The van der Waals surface area contributed by atoms with E-state index in [0.29, 0.717) is 51.1 Å². The first-order valence-corrected chi connectivity index (χ1v) is 17.1. The van der Waals surface area contributed by atoms with Gasteiger partial charge >= 0.3 is 0 Å². The minimum atomic E-state index is -0.579. The Morgan fingerprint density at radius 2 is 1.87 bits per heavy atom. The fraction of sp³-hybridized carbons (Fsp3) is 0.514. The number of fused-ring (bicyclic) bond motifs is 1. The number of aromatic nitrogens is 1. The van der Waals surface area contributed by atoms with Gasteiger partial charge in [-0.05, 0) is 55.0 Å². The number of hydrogen-bond donors (Lipinski definition) is 3. The number of para-hydroxylation sites is 1. The average molecular weight is 648 g/mol. The van der Waals surface area contributed by atoms with Gasteiger partial charge in [-0.3, -0.25) is 19.4 Å². The van der Waals surface area contributed by atoms with Crippen molar-refractivity contribution < 1.29 is 18.3 Å². The van der Waals surface area contributed by atoms with Crippen LogP contribution < -0.4 is 20.8 Å². The molecule has 2 fully saturated rings. The lowest BCUT2D eigenvalue weighted by Crippen LogP contribution is -2.61. The molecule has 10 heteroatoms. The monoisotopic (exact) mass is 647 g/mol. The molecule has 0 radical (unpaired) electrons. The summed E-state index contributed by atoms with van der Waals surface area (Å²) in [6.07, 6.45) is 9.01. The van der Waals surface area contributed by atoms with Crippen molar-refractivity contribution in [1.82, 2.24) is 25.4 Å². The van der Waals surface area contributed by atoms with Crippen molar-refractivity contribution in [3.05, 3.63) is 87.2 Å². The second-order valence-corrected chi connectivity index (χ2v) is 13.8. The van der Waals surface area contributed by atoms with Gasteiger partial charge in [0.1, 0.15) is 17.4 Å². The Hall–Kier alpha value is -3.60. The number of benzene rings is 2. The normalized spacial score (nSPS) is 19.1. The van der Waals surface area contributed by atoms with E-state index in [2.05, 4.69) is 45.3 Å². The number of nitrogens with one attached hydrogen (secondary N) is 3. The lowest BCUT2D eigenvalue weighted by molar-refractivity contribution is -0.109. The third-order valence-electron chi connectivity index (χ3n) is 10.2. The molecule has 1 saturated carbocycles. The van der Waals surface area contributed by atoms with Gasteiger partial charge in [0.15, 0.2) is 5.43 Å². The molecule has 252 valence electrons. The van der Waals surface area contributed by atoms with Crippen LogP contribution in [0, 0.1) is 11.6 Å². The highest BCUT2D eigenvalue weighted by Crippen LogP contribution is 2.42. The van der Waals surface area contributed by atoms with Crippen molar-refractivity contribution in [2.24, 2.45) is 0 Å². The highest BCUT2D eigenvalue weighted by atomic mass is 19.1. The molecular weight excluding hydrogens is 600 g/mol. The van der Waals surface area contributed by atoms with Gasteiger partial charge in [0.05, 0.1) is 12.3 Å². The number of H-pyrrole nitrogens is 1. The summed E-state index contributed by atoms with van der Waals surface area (Å²) < 4.78 is 35.1. The van der Waals surface area contributed by atoms with E-state index in [0.717, 1.165) is 79.4 Å². The summed E-state index contributed by atoms with van der Waals surface area (Å²) >= 11 is 0. The number of rotatable bonds is 13. The van der Waals surface area contributed by atoms with Crippen LogP contribution in [0.15, 0.2) is 53.5 Å². The molecule has 2 aromatic carbocycles. The smallest absolute Gasteiger partial charge is 0.207 e. The maximum Gasteiger partial charge on any atom is 0.207 e. The molecule has 2 atom stereocenters. The second kappa shape index (κ2) is 14.7. The van der Waals surface area contributed by atoms with Gasteiger partial charge in [0.25, 0.3) is 0 Å². The number of carbonyl (C=O) groups is 1. The number of ether oxygens (including phenoxy) is 1. The Balaban J connectivity index is 1.24. The largest absolute Gasteiger partial charge is 0.492 e. The highest BCUT2D eigenvalue weighted by molar-refractivity contribution is 5.70. The molecule has 1 aromatic heterocycles. The van der Waals surface area contributed by atoms with Crippen LogP contribution in [-0.4, -0.2) is 71.6 Å². The molecular formula is C37H47F2N5O3. The maximum atomic E-state index is 14.6. The Bertz CT molecular complexity index is 1580. The average Bonchev–Trinajstić information content (AvgIpc) is 3.71. The van der Waals surface area contributed by atoms with Crippen molar-refractivity contribution in [3.63, 3.8) is 0 Å². The molecule has 8 nitrogen and oxygen atoms in total. The van der Waals surface area contributed by atoms with E-state index in [1.807, 2.05) is 18.3 Å². The summed E-state index contributed by atoms with van der Waals surface area (Å²) in [5, 5.41) is 6.38. The van der Waals surface area contributed by atoms with Crippen LogP contribution in [0.4, 0.5) is 8.78 Å². The van der Waals surface area contributed by atoms with E-state index in [1.54, 1.807) is 6.07 Å². The molecule has 6 rings (SSSR count). The summed E-state index contributed by atoms with van der Waals surface area (Å²) in [5.41, 5.74) is 4.07. The van der Waals surface area contributed by atoms with Crippen LogP contribution in [0.3, 0.4) is 0 Å². The number of nitrogens with zero attached hydrogens (tertiary/aromatic N) is 2.